The van der Waals surface area contributed by atoms with Gasteiger partial charge in [0.1, 0.15) is 0 Å². The van der Waals surface area contributed by atoms with Crippen LogP contribution in [0.25, 0.3) is 5.52 Å². The molecule has 0 spiro atoms. The molecule has 122 valence electrons. The van der Waals surface area contributed by atoms with Gasteiger partial charge in [0.05, 0.1) is 23.0 Å². The lowest BCUT2D eigenvalue weighted by Gasteiger charge is -2.30. The molecule has 0 saturated carbocycles. The largest absolute Gasteiger partial charge is 0.278 e. The molecule has 3 aromatic rings. The van der Waals surface area contributed by atoms with E-state index in [1.807, 2.05) is 44.3 Å². The van der Waals surface area contributed by atoms with Crippen molar-refractivity contribution in [3.8, 4) is 0 Å². The number of hydrogen-bond donors (Lipinski definition) is 0. The Kier molecular flexibility index (Phi) is 3.27. The summed E-state index contributed by atoms with van der Waals surface area (Å²) in [5.74, 6) is 0. The third-order valence-electron chi connectivity index (χ3n) is 4.38. The Bertz CT molecular complexity index is 954. The van der Waals surface area contributed by atoms with Gasteiger partial charge in [-0.05, 0) is 44.0 Å². The highest BCUT2D eigenvalue weighted by molar-refractivity contribution is 6.15. The lowest BCUT2D eigenvalue weighted by molar-refractivity contribution is 0.150. The summed E-state index contributed by atoms with van der Waals surface area (Å²) in [4.78, 5) is 4.84. The topological polar surface area (TPSA) is 29.7 Å². The Morgan fingerprint density at radius 3 is 2.79 bits per heavy atom. The highest BCUT2D eigenvalue weighted by Gasteiger charge is 2.31. The van der Waals surface area contributed by atoms with Crippen molar-refractivity contribution in [2.75, 3.05) is 0 Å². The molecule has 3 nitrogen and oxygen atoms in total. The molecular formula is C19H17F2N3. The number of halogens is 2. The van der Waals surface area contributed by atoms with E-state index in [2.05, 4.69) is 5.10 Å². The van der Waals surface area contributed by atoms with Crippen LogP contribution in [-0.4, -0.2) is 20.9 Å². The third kappa shape index (κ3) is 2.40. The van der Waals surface area contributed by atoms with Crippen molar-refractivity contribution in [2.24, 2.45) is 4.99 Å². The molecule has 1 aliphatic rings. The van der Waals surface area contributed by atoms with Gasteiger partial charge in [-0.15, -0.1) is 0 Å². The highest BCUT2D eigenvalue weighted by atomic mass is 19.3. The molecule has 2 aromatic heterocycles. The van der Waals surface area contributed by atoms with Crippen molar-refractivity contribution in [3.63, 3.8) is 0 Å². The Labute approximate surface area is 138 Å². The van der Waals surface area contributed by atoms with Gasteiger partial charge in [0.25, 0.3) is 6.43 Å². The van der Waals surface area contributed by atoms with Gasteiger partial charge in [0.2, 0.25) is 0 Å². The second kappa shape index (κ2) is 5.23. The first-order chi connectivity index (χ1) is 11.4. The molecule has 0 saturated heterocycles. The zero-order valence-electron chi connectivity index (χ0n) is 13.5. The fourth-order valence-electron chi connectivity index (χ4n) is 3.34. The number of aliphatic imine (C=N–C) groups is 1. The van der Waals surface area contributed by atoms with Gasteiger partial charge >= 0.3 is 0 Å². The SMILES string of the molecule is CC1(C)Cc2c(cccc2C(F)F)C(c2cnn3cccc3c2)=N1. The summed E-state index contributed by atoms with van der Waals surface area (Å²) in [5, 5.41) is 4.38. The number of hydrogen-bond acceptors (Lipinski definition) is 2. The summed E-state index contributed by atoms with van der Waals surface area (Å²) in [6, 6.07) is 10.9. The standard InChI is InChI=1S/C19H17F2N3/c1-19(2)10-16-14(6-3-7-15(16)18(20)21)17(23-19)12-9-13-5-4-8-24(13)22-11-12/h3-9,11,18H,10H2,1-2H3. The van der Waals surface area contributed by atoms with Crippen LogP contribution in [0.3, 0.4) is 0 Å². The summed E-state index contributed by atoms with van der Waals surface area (Å²) >= 11 is 0. The number of benzene rings is 1. The average Bonchev–Trinajstić information content (AvgIpc) is 3.00. The summed E-state index contributed by atoms with van der Waals surface area (Å²) in [7, 11) is 0. The van der Waals surface area contributed by atoms with Crippen LogP contribution in [-0.2, 0) is 6.42 Å². The summed E-state index contributed by atoms with van der Waals surface area (Å²) < 4.78 is 28.7. The predicted molar refractivity (Wildman–Crippen MR) is 90.0 cm³/mol. The predicted octanol–water partition coefficient (Wildman–Crippen LogP) is 4.44. The van der Waals surface area contributed by atoms with Gasteiger partial charge in [0, 0.05) is 22.9 Å². The molecule has 1 aromatic carbocycles. The number of aromatic nitrogens is 2. The monoisotopic (exact) mass is 325 g/mol. The van der Waals surface area contributed by atoms with Crippen molar-refractivity contribution in [1.82, 2.24) is 9.61 Å². The van der Waals surface area contributed by atoms with Crippen molar-refractivity contribution in [1.29, 1.82) is 0 Å². The lowest BCUT2D eigenvalue weighted by atomic mass is 9.83. The molecular weight excluding hydrogens is 308 g/mol. The second-order valence-electron chi connectivity index (χ2n) is 6.75. The van der Waals surface area contributed by atoms with Crippen LogP contribution in [0.4, 0.5) is 8.78 Å². The van der Waals surface area contributed by atoms with Gasteiger partial charge in [0.15, 0.2) is 0 Å². The minimum atomic E-state index is -2.48. The number of alkyl halides is 2. The fourth-order valence-corrected chi connectivity index (χ4v) is 3.34. The molecule has 0 bridgehead atoms. The van der Waals surface area contributed by atoms with Gasteiger partial charge in [-0.3, -0.25) is 4.99 Å². The molecule has 4 rings (SSSR count). The number of fused-ring (bicyclic) bond motifs is 2. The maximum Gasteiger partial charge on any atom is 0.264 e. The maximum absolute atomic E-state index is 13.4. The first kappa shape index (κ1) is 15.0. The molecule has 0 fully saturated rings. The molecule has 0 unspecified atom stereocenters. The minimum absolute atomic E-state index is 0.102. The van der Waals surface area contributed by atoms with E-state index in [0.717, 1.165) is 22.4 Å². The smallest absolute Gasteiger partial charge is 0.264 e. The van der Waals surface area contributed by atoms with Crippen LogP contribution >= 0.6 is 0 Å². The lowest BCUT2D eigenvalue weighted by Crippen LogP contribution is -2.30. The molecule has 0 N–H and O–H groups in total. The van der Waals surface area contributed by atoms with Crippen molar-refractivity contribution >= 4 is 11.2 Å². The van der Waals surface area contributed by atoms with E-state index in [1.54, 1.807) is 16.8 Å². The van der Waals surface area contributed by atoms with E-state index < -0.39 is 12.0 Å². The molecule has 1 aliphatic heterocycles. The van der Waals surface area contributed by atoms with E-state index in [-0.39, 0.29) is 5.56 Å². The average molecular weight is 325 g/mol. The minimum Gasteiger partial charge on any atom is -0.278 e. The van der Waals surface area contributed by atoms with Crippen LogP contribution in [0, 0.1) is 0 Å². The van der Waals surface area contributed by atoms with Crippen LogP contribution in [0.1, 0.15) is 42.5 Å². The van der Waals surface area contributed by atoms with E-state index in [0.29, 0.717) is 12.0 Å². The van der Waals surface area contributed by atoms with Crippen LogP contribution < -0.4 is 0 Å². The molecule has 3 heterocycles. The van der Waals surface area contributed by atoms with E-state index in [4.69, 9.17) is 4.99 Å². The molecule has 5 heteroatoms. The fraction of sp³-hybridized carbons (Fsp3) is 0.263. The van der Waals surface area contributed by atoms with Gasteiger partial charge in [-0.1, -0.05) is 18.2 Å². The summed E-state index contributed by atoms with van der Waals surface area (Å²) in [5.41, 5.74) is 3.68. The number of nitrogens with zero attached hydrogens (tertiary/aromatic N) is 3. The van der Waals surface area contributed by atoms with Crippen molar-refractivity contribution in [2.45, 2.75) is 32.2 Å². The molecule has 24 heavy (non-hydrogen) atoms. The Morgan fingerprint density at radius 1 is 1.17 bits per heavy atom. The molecule has 0 radical (unpaired) electrons. The maximum atomic E-state index is 13.4. The van der Waals surface area contributed by atoms with Crippen molar-refractivity contribution < 1.29 is 8.78 Å². The highest BCUT2D eigenvalue weighted by Crippen LogP contribution is 2.35. The Morgan fingerprint density at radius 2 is 2.00 bits per heavy atom. The van der Waals surface area contributed by atoms with Gasteiger partial charge < -0.3 is 0 Å². The summed E-state index contributed by atoms with van der Waals surface area (Å²) in [6.07, 6.45) is 1.63. The zero-order chi connectivity index (χ0) is 16.9. The Balaban J connectivity index is 1.94. The number of rotatable bonds is 2. The molecule has 0 atom stereocenters. The van der Waals surface area contributed by atoms with E-state index in [9.17, 15) is 8.78 Å². The van der Waals surface area contributed by atoms with Gasteiger partial charge in [-0.2, -0.15) is 5.10 Å². The normalized spacial score (nSPS) is 16.3. The second-order valence-corrected chi connectivity index (χ2v) is 6.75. The van der Waals surface area contributed by atoms with Crippen LogP contribution in [0.15, 0.2) is 53.8 Å². The van der Waals surface area contributed by atoms with E-state index >= 15 is 0 Å². The molecule has 0 amide bonds. The van der Waals surface area contributed by atoms with Crippen LogP contribution in [0.2, 0.25) is 0 Å². The zero-order valence-corrected chi connectivity index (χ0v) is 13.5. The first-order valence-corrected chi connectivity index (χ1v) is 7.88. The first-order valence-electron chi connectivity index (χ1n) is 7.88. The molecule has 0 aliphatic carbocycles. The van der Waals surface area contributed by atoms with Crippen molar-refractivity contribution in [3.05, 3.63) is 71.0 Å². The third-order valence-corrected chi connectivity index (χ3v) is 4.38. The van der Waals surface area contributed by atoms with E-state index in [1.165, 1.54) is 6.07 Å². The van der Waals surface area contributed by atoms with Crippen LogP contribution in [0.5, 0.6) is 0 Å². The summed E-state index contributed by atoms with van der Waals surface area (Å²) in [6.45, 7) is 3.95. The quantitative estimate of drug-likeness (QED) is 0.685. The van der Waals surface area contributed by atoms with Gasteiger partial charge in [-0.25, -0.2) is 13.3 Å². The Hall–Kier alpha value is -2.56.